The van der Waals surface area contributed by atoms with Gasteiger partial charge in [0.2, 0.25) is 0 Å². The van der Waals surface area contributed by atoms with Crippen molar-refractivity contribution in [3.05, 3.63) is 18.5 Å². The highest BCUT2D eigenvalue weighted by molar-refractivity contribution is 5.74. The van der Waals surface area contributed by atoms with Crippen molar-refractivity contribution in [2.24, 2.45) is 32.1 Å². The van der Waals surface area contributed by atoms with Crippen LogP contribution in [0.3, 0.4) is 0 Å². The zero-order chi connectivity index (χ0) is 13.4. The Kier molecular flexibility index (Phi) is 4.96. The molecule has 4 amide bonds. The van der Waals surface area contributed by atoms with Crippen LogP contribution in [0.15, 0.2) is 38.9 Å². The summed E-state index contributed by atoms with van der Waals surface area (Å²) in [4.78, 5) is 25.2. The van der Waals surface area contributed by atoms with E-state index < -0.39 is 12.1 Å². The van der Waals surface area contributed by atoms with E-state index in [-0.39, 0.29) is 11.4 Å². The fourth-order valence-electron chi connectivity index (χ4n) is 0.789. The lowest BCUT2D eigenvalue weighted by atomic mass is 10.4. The van der Waals surface area contributed by atoms with Gasteiger partial charge in [0.15, 0.2) is 0 Å². The third-order valence-corrected chi connectivity index (χ3v) is 1.47. The molecule has 1 aromatic rings. The van der Waals surface area contributed by atoms with Gasteiger partial charge in [0.25, 0.3) is 0 Å². The Labute approximate surface area is 100 Å². The summed E-state index contributed by atoms with van der Waals surface area (Å²) in [5.41, 5.74) is 4.02. The van der Waals surface area contributed by atoms with Crippen LogP contribution in [0.25, 0.3) is 0 Å². The molecule has 0 aliphatic carbocycles. The van der Waals surface area contributed by atoms with Crippen LogP contribution in [-0.2, 0) is 0 Å². The molecule has 0 aliphatic heterocycles. The van der Waals surface area contributed by atoms with E-state index in [4.69, 9.17) is 11.7 Å². The molecule has 0 bridgehead atoms. The lowest BCUT2D eigenvalue weighted by Gasteiger charge is -1.94. The normalized spacial score (nSPS) is 10.8. The maximum absolute atomic E-state index is 10.7. The first-order valence-electron chi connectivity index (χ1n) is 4.45. The second-order valence-electron chi connectivity index (χ2n) is 2.70. The Morgan fingerprint density at radius 1 is 1.00 bits per heavy atom. The lowest BCUT2D eigenvalue weighted by molar-refractivity contribution is 0.247. The molecule has 11 heteroatoms. The van der Waals surface area contributed by atoms with Crippen molar-refractivity contribution in [3.63, 3.8) is 0 Å². The minimum atomic E-state index is -0.815. The van der Waals surface area contributed by atoms with E-state index in [1.54, 1.807) is 10.9 Å². The maximum Gasteiger partial charge on any atom is 0.373 e. The number of rotatable bonds is 2. The molecule has 0 fully saturated rings. The molecular weight excluding hydrogens is 242 g/mol. The molecule has 11 nitrogen and oxygen atoms in total. The molecule has 0 atom stereocenters. The molecule has 0 aliphatic rings. The number of azo groups is 2. The predicted molar refractivity (Wildman–Crippen MR) is 58.7 cm³/mol. The molecule has 18 heavy (non-hydrogen) atoms. The van der Waals surface area contributed by atoms with Crippen molar-refractivity contribution in [1.82, 2.24) is 15.8 Å². The number of aromatic nitrogens is 1. The van der Waals surface area contributed by atoms with Crippen molar-refractivity contribution < 1.29 is 9.59 Å². The van der Waals surface area contributed by atoms with E-state index in [0.29, 0.717) is 0 Å². The average Bonchev–Trinajstić information content (AvgIpc) is 2.42. The van der Waals surface area contributed by atoms with Crippen molar-refractivity contribution in [2.45, 2.75) is 0 Å². The van der Waals surface area contributed by atoms with Gasteiger partial charge in [0.05, 0.1) is 12.4 Å². The SMILES string of the molecule is NNC(=O)N=Nc1cncc(N=NC(=O)NN)c1. The van der Waals surface area contributed by atoms with E-state index in [9.17, 15) is 9.59 Å². The van der Waals surface area contributed by atoms with Crippen LogP contribution in [0.1, 0.15) is 0 Å². The van der Waals surface area contributed by atoms with Gasteiger partial charge in [-0.15, -0.1) is 10.2 Å². The highest BCUT2D eigenvalue weighted by atomic mass is 16.2. The second-order valence-corrected chi connectivity index (χ2v) is 2.70. The number of nitrogens with two attached hydrogens (primary N) is 2. The highest BCUT2D eigenvalue weighted by Gasteiger charge is 1.98. The van der Waals surface area contributed by atoms with E-state index in [1.165, 1.54) is 18.5 Å². The molecule has 0 spiro atoms. The van der Waals surface area contributed by atoms with Crippen molar-refractivity contribution in [1.29, 1.82) is 0 Å². The summed E-state index contributed by atoms with van der Waals surface area (Å²) in [5.74, 6) is 9.61. The minimum Gasteiger partial charge on any atom is -0.273 e. The zero-order valence-electron chi connectivity index (χ0n) is 8.94. The molecule has 1 rings (SSSR count). The number of hydrogen-bond donors (Lipinski definition) is 4. The summed E-state index contributed by atoms with van der Waals surface area (Å²) in [6, 6.07) is -0.234. The van der Waals surface area contributed by atoms with Crippen molar-refractivity contribution in [2.75, 3.05) is 0 Å². The van der Waals surface area contributed by atoms with Crippen LogP contribution in [-0.4, -0.2) is 17.0 Å². The standard InChI is InChI=1S/C7H9N9O2/c8-11-6(17)15-13-4-1-5(3-10-2-4)14-16-7(18)12-9/h1-3H,8-9H2,(H,11,17)(H,12,18). The van der Waals surface area contributed by atoms with Gasteiger partial charge in [0, 0.05) is 0 Å². The maximum atomic E-state index is 10.7. The third-order valence-electron chi connectivity index (χ3n) is 1.47. The number of nitrogens with one attached hydrogen (secondary N) is 2. The van der Waals surface area contributed by atoms with Gasteiger partial charge in [0.1, 0.15) is 11.4 Å². The smallest absolute Gasteiger partial charge is 0.273 e. The van der Waals surface area contributed by atoms with Gasteiger partial charge in [-0.05, 0) is 6.07 Å². The van der Waals surface area contributed by atoms with E-state index in [0.717, 1.165) is 0 Å². The predicted octanol–water partition coefficient (Wildman–Crippen LogP) is 0.416. The first-order chi connectivity index (χ1) is 8.65. The Bertz CT molecular complexity index is 456. The molecular formula is C7H9N9O2. The first-order valence-corrected chi connectivity index (χ1v) is 4.45. The van der Waals surface area contributed by atoms with Crippen LogP contribution in [0.4, 0.5) is 21.0 Å². The Hall–Kier alpha value is -2.79. The largest absolute Gasteiger partial charge is 0.373 e. The molecule has 0 unspecified atom stereocenters. The number of carbonyl (C=O) groups is 2. The quantitative estimate of drug-likeness (QED) is 0.257. The number of hydrazine groups is 2. The molecule has 0 saturated heterocycles. The fourth-order valence-corrected chi connectivity index (χ4v) is 0.789. The molecule has 94 valence electrons. The van der Waals surface area contributed by atoms with Gasteiger partial charge in [-0.25, -0.2) is 21.3 Å². The minimum absolute atomic E-state index is 0.239. The highest BCUT2D eigenvalue weighted by Crippen LogP contribution is 2.19. The van der Waals surface area contributed by atoms with Crippen LogP contribution >= 0.6 is 0 Å². The number of amides is 4. The van der Waals surface area contributed by atoms with Gasteiger partial charge in [-0.1, -0.05) is 10.2 Å². The van der Waals surface area contributed by atoms with Crippen LogP contribution in [0, 0.1) is 0 Å². The summed E-state index contributed by atoms with van der Waals surface area (Å²) >= 11 is 0. The monoisotopic (exact) mass is 251 g/mol. The summed E-state index contributed by atoms with van der Waals surface area (Å²) in [6.07, 6.45) is 2.66. The van der Waals surface area contributed by atoms with Gasteiger partial charge >= 0.3 is 12.1 Å². The number of carbonyl (C=O) groups excluding carboxylic acids is 2. The van der Waals surface area contributed by atoms with E-state index >= 15 is 0 Å². The van der Waals surface area contributed by atoms with Crippen LogP contribution < -0.4 is 22.5 Å². The Balaban J connectivity index is 2.79. The summed E-state index contributed by atoms with van der Waals surface area (Å²) in [7, 11) is 0. The summed E-state index contributed by atoms with van der Waals surface area (Å²) in [5, 5.41) is 13.5. The number of nitrogens with zero attached hydrogens (tertiary/aromatic N) is 5. The average molecular weight is 251 g/mol. The molecule has 0 radical (unpaired) electrons. The Morgan fingerprint density at radius 3 is 1.83 bits per heavy atom. The molecule has 0 saturated carbocycles. The fraction of sp³-hybridized carbons (Fsp3) is 0. The van der Waals surface area contributed by atoms with Crippen molar-refractivity contribution >= 4 is 23.4 Å². The van der Waals surface area contributed by atoms with Gasteiger partial charge in [-0.2, -0.15) is 0 Å². The molecule has 0 aromatic carbocycles. The number of hydrogen-bond acceptors (Lipinski definition) is 7. The Morgan fingerprint density at radius 2 is 1.44 bits per heavy atom. The lowest BCUT2D eigenvalue weighted by Crippen LogP contribution is -2.26. The molecule has 1 heterocycles. The summed E-state index contributed by atoms with van der Waals surface area (Å²) < 4.78 is 0. The van der Waals surface area contributed by atoms with E-state index in [1.807, 2.05) is 0 Å². The third kappa shape index (κ3) is 4.38. The molecule has 1 aromatic heterocycles. The molecule has 6 N–H and O–H groups in total. The van der Waals surface area contributed by atoms with Crippen LogP contribution in [0.5, 0.6) is 0 Å². The zero-order valence-corrected chi connectivity index (χ0v) is 8.94. The van der Waals surface area contributed by atoms with Gasteiger partial charge in [-0.3, -0.25) is 15.8 Å². The van der Waals surface area contributed by atoms with Crippen LogP contribution in [0.2, 0.25) is 0 Å². The van der Waals surface area contributed by atoms with E-state index in [2.05, 4.69) is 25.4 Å². The summed E-state index contributed by atoms with van der Waals surface area (Å²) in [6.45, 7) is 0. The van der Waals surface area contributed by atoms with Gasteiger partial charge < -0.3 is 0 Å². The number of urea groups is 2. The first kappa shape index (κ1) is 13.3. The second kappa shape index (κ2) is 6.72. The number of pyridine rings is 1. The van der Waals surface area contributed by atoms with Crippen molar-refractivity contribution in [3.8, 4) is 0 Å². The topological polar surface area (TPSA) is 173 Å².